The summed E-state index contributed by atoms with van der Waals surface area (Å²) in [4.78, 5) is 0. The van der Waals surface area contributed by atoms with Crippen molar-refractivity contribution in [3.05, 3.63) is 0 Å². The topological polar surface area (TPSA) is 23.6 Å². The molecule has 0 spiro atoms. The van der Waals surface area contributed by atoms with Crippen LogP contribution < -0.4 is 0 Å². The third-order valence-corrected chi connectivity index (χ3v) is 5.38. The highest BCUT2D eigenvalue weighted by atomic mass is 35.5. The molecule has 0 fully saturated rings. The first-order chi connectivity index (χ1) is 4.95. The van der Waals surface area contributed by atoms with Crippen LogP contribution in [0.3, 0.4) is 0 Å². The maximum absolute atomic E-state index is 12.0. The van der Waals surface area contributed by atoms with E-state index in [0.29, 0.717) is 12.0 Å². The fraction of sp³-hybridized carbons (Fsp3) is 1.00. The summed E-state index contributed by atoms with van der Waals surface area (Å²) in [5.41, 5.74) is 0. The summed E-state index contributed by atoms with van der Waals surface area (Å²) in [5, 5.41) is 0. The second-order valence-corrected chi connectivity index (χ2v) is 6.53. The normalized spacial score (nSPS) is 13.0. The van der Waals surface area contributed by atoms with E-state index >= 15 is 0 Å². The molecular weight excluding hydrogens is 183 g/mol. The van der Waals surface area contributed by atoms with Crippen molar-refractivity contribution in [2.45, 2.75) is 0 Å². The monoisotopic (exact) mass is 198 g/mol. The van der Waals surface area contributed by atoms with E-state index in [0.717, 1.165) is 0 Å². The van der Waals surface area contributed by atoms with Crippen LogP contribution in [0.4, 0.5) is 0 Å². The summed E-state index contributed by atoms with van der Waals surface area (Å²) in [6.07, 6.45) is 0.536. The van der Waals surface area contributed by atoms with E-state index < -0.39 is 7.44 Å². The van der Waals surface area contributed by atoms with Gasteiger partial charge in [-0.1, -0.05) is 0 Å². The Morgan fingerprint density at radius 2 is 1.55 bits per heavy atom. The number of hydrogen-bond donors (Lipinski definition) is 0. The van der Waals surface area contributed by atoms with Gasteiger partial charge < -0.3 is 0 Å². The van der Waals surface area contributed by atoms with Crippen LogP contribution >= 0.6 is 19.0 Å². The lowest BCUT2D eigenvalue weighted by atomic mass is 11.0. The molecule has 68 valence electrons. The lowest BCUT2D eigenvalue weighted by Gasteiger charge is -2.29. The minimum absolute atomic E-state index is 0.438. The molecule has 0 aromatic heterocycles. The average Bonchev–Trinajstić information content (AvgIpc) is 1.87. The molecule has 11 heavy (non-hydrogen) atoms. The molecule has 0 aliphatic carbocycles. The van der Waals surface area contributed by atoms with E-state index in [1.54, 1.807) is 9.34 Å². The fourth-order valence-electron chi connectivity index (χ4n) is 0.868. The molecule has 0 saturated carbocycles. The lowest BCUT2D eigenvalue weighted by molar-refractivity contribution is 0.449. The van der Waals surface area contributed by atoms with Gasteiger partial charge in [0.1, 0.15) is 0 Å². The third kappa shape index (κ3) is 2.75. The Morgan fingerprint density at radius 1 is 1.18 bits per heavy atom. The van der Waals surface area contributed by atoms with Gasteiger partial charge in [0.25, 0.3) is 0 Å². The number of halogens is 1. The molecule has 3 nitrogen and oxygen atoms in total. The molecule has 0 atom stereocenters. The predicted molar refractivity (Wildman–Crippen MR) is 50.6 cm³/mol. The van der Waals surface area contributed by atoms with Gasteiger partial charge in [0, 0.05) is 12.0 Å². The highest BCUT2D eigenvalue weighted by Crippen LogP contribution is 2.48. The Bertz CT molecular complexity index is 149. The van der Waals surface area contributed by atoms with Gasteiger partial charge in [0.15, 0.2) is 0 Å². The highest BCUT2D eigenvalue weighted by molar-refractivity contribution is 7.59. The van der Waals surface area contributed by atoms with E-state index in [9.17, 15) is 4.57 Å². The zero-order chi connectivity index (χ0) is 9.07. The fourth-order valence-corrected chi connectivity index (χ4v) is 3.26. The molecule has 0 unspecified atom stereocenters. The summed E-state index contributed by atoms with van der Waals surface area (Å²) in [5.74, 6) is 0.438. The summed E-state index contributed by atoms with van der Waals surface area (Å²) in [7, 11) is 4.92. The molecule has 0 aromatic rings. The maximum atomic E-state index is 12.0. The molecule has 0 rings (SSSR count). The summed E-state index contributed by atoms with van der Waals surface area (Å²) in [6.45, 7) is 0. The Labute approximate surface area is 73.8 Å². The molecule has 0 radical (unpaired) electrons. The second kappa shape index (κ2) is 4.46. The Balaban J connectivity index is 4.40. The van der Waals surface area contributed by atoms with Gasteiger partial charge in [-0.05, 0) is 28.2 Å². The minimum atomic E-state index is -2.33. The van der Waals surface area contributed by atoms with E-state index in [4.69, 9.17) is 11.6 Å². The Kier molecular flexibility index (Phi) is 4.64. The standard InChI is InChI=1S/C6H16ClN2OP/c1-8(2)11(10,6-5-7)9(3)4/h5-6H2,1-4H3. The van der Waals surface area contributed by atoms with Crippen LogP contribution in [0.15, 0.2) is 0 Å². The lowest BCUT2D eigenvalue weighted by Crippen LogP contribution is -2.23. The number of alkyl halides is 1. The highest BCUT2D eigenvalue weighted by Gasteiger charge is 2.26. The number of hydrogen-bond acceptors (Lipinski definition) is 1. The van der Waals surface area contributed by atoms with Crippen LogP contribution in [0.1, 0.15) is 0 Å². The van der Waals surface area contributed by atoms with E-state index in [-0.39, 0.29) is 0 Å². The molecule has 5 heteroatoms. The molecule has 0 saturated heterocycles. The summed E-state index contributed by atoms with van der Waals surface area (Å²) in [6, 6.07) is 0. The van der Waals surface area contributed by atoms with Crippen molar-refractivity contribution < 1.29 is 4.57 Å². The van der Waals surface area contributed by atoms with Crippen molar-refractivity contribution >= 4 is 19.0 Å². The molecule has 0 amide bonds. The number of nitrogens with zero attached hydrogens (tertiary/aromatic N) is 2. The molecule has 0 heterocycles. The van der Waals surface area contributed by atoms with Gasteiger partial charge >= 0.3 is 0 Å². The van der Waals surface area contributed by atoms with Crippen molar-refractivity contribution in [3.8, 4) is 0 Å². The van der Waals surface area contributed by atoms with Gasteiger partial charge in [-0.25, -0.2) is 9.34 Å². The predicted octanol–water partition coefficient (Wildman–Crippen LogP) is 1.54. The SMILES string of the molecule is CN(C)P(=O)(CCCl)N(C)C. The van der Waals surface area contributed by atoms with Gasteiger partial charge in [-0.15, -0.1) is 11.6 Å². The van der Waals surface area contributed by atoms with Crippen molar-refractivity contribution in [2.75, 3.05) is 40.2 Å². The quantitative estimate of drug-likeness (QED) is 0.506. The van der Waals surface area contributed by atoms with Crippen LogP contribution in [0.5, 0.6) is 0 Å². The van der Waals surface area contributed by atoms with Crippen LogP contribution in [-0.4, -0.2) is 49.6 Å². The average molecular weight is 199 g/mol. The van der Waals surface area contributed by atoms with Crippen molar-refractivity contribution in [1.29, 1.82) is 0 Å². The van der Waals surface area contributed by atoms with Gasteiger partial charge in [-0.2, -0.15) is 0 Å². The van der Waals surface area contributed by atoms with Crippen LogP contribution in [-0.2, 0) is 4.57 Å². The Morgan fingerprint density at radius 3 is 1.64 bits per heavy atom. The minimum Gasteiger partial charge on any atom is -0.289 e. The van der Waals surface area contributed by atoms with Crippen LogP contribution in [0, 0.1) is 0 Å². The van der Waals surface area contributed by atoms with Crippen molar-refractivity contribution in [1.82, 2.24) is 9.34 Å². The van der Waals surface area contributed by atoms with Gasteiger partial charge in [0.05, 0.1) is 0 Å². The first-order valence-corrected chi connectivity index (χ1v) is 5.79. The summed E-state index contributed by atoms with van der Waals surface area (Å²) >= 11 is 5.55. The first kappa shape index (κ1) is 11.4. The van der Waals surface area contributed by atoms with Gasteiger partial charge in [0.2, 0.25) is 7.44 Å². The molecule has 0 aliphatic heterocycles. The summed E-state index contributed by atoms with van der Waals surface area (Å²) < 4.78 is 15.5. The number of rotatable bonds is 4. The molecule has 0 bridgehead atoms. The zero-order valence-electron chi connectivity index (χ0n) is 7.54. The van der Waals surface area contributed by atoms with E-state index in [2.05, 4.69) is 0 Å². The molecular formula is C6H16ClN2OP. The zero-order valence-corrected chi connectivity index (χ0v) is 9.19. The van der Waals surface area contributed by atoms with Crippen molar-refractivity contribution in [3.63, 3.8) is 0 Å². The molecule has 0 aliphatic rings. The maximum Gasteiger partial charge on any atom is 0.216 e. The molecule has 0 aromatic carbocycles. The molecule has 0 N–H and O–H groups in total. The third-order valence-electron chi connectivity index (χ3n) is 1.63. The van der Waals surface area contributed by atoms with Crippen LogP contribution in [0.2, 0.25) is 0 Å². The van der Waals surface area contributed by atoms with Crippen LogP contribution in [0.25, 0.3) is 0 Å². The second-order valence-electron chi connectivity index (χ2n) is 2.77. The Hall–Kier alpha value is 0.440. The van der Waals surface area contributed by atoms with Crippen molar-refractivity contribution in [2.24, 2.45) is 0 Å². The van der Waals surface area contributed by atoms with Gasteiger partial charge in [-0.3, -0.25) is 4.57 Å². The van der Waals surface area contributed by atoms with E-state index in [1.807, 2.05) is 28.2 Å². The largest absolute Gasteiger partial charge is 0.289 e. The smallest absolute Gasteiger partial charge is 0.216 e. The first-order valence-electron chi connectivity index (χ1n) is 3.45. The van der Waals surface area contributed by atoms with E-state index in [1.165, 1.54) is 0 Å².